The second kappa shape index (κ2) is 7.43. The molecule has 28 heavy (non-hydrogen) atoms. The summed E-state index contributed by atoms with van der Waals surface area (Å²) >= 11 is 0. The van der Waals surface area contributed by atoms with E-state index in [9.17, 15) is 29.8 Å². The minimum absolute atomic E-state index is 0.0143. The van der Waals surface area contributed by atoms with Crippen molar-refractivity contribution in [2.75, 3.05) is 10.6 Å². The van der Waals surface area contributed by atoms with Crippen LogP contribution in [0.15, 0.2) is 36.4 Å². The maximum Gasteiger partial charge on any atom is 0.289 e. The molecule has 1 aliphatic carbocycles. The van der Waals surface area contributed by atoms with Crippen molar-refractivity contribution < 1.29 is 19.4 Å². The molecular weight excluding hydrogens is 368 g/mol. The van der Waals surface area contributed by atoms with Gasteiger partial charge in [-0.05, 0) is 43.5 Å². The third-order valence-corrected chi connectivity index (χ3v) is 4.42. The van der Waals surface area contributed by atoms with Crippen LogP contribution in [0, 0.1) is 33.1 Å². The lowest BCUT2D eigenvalue weighted by Gasteiger charge is -2.13. The molecule has 3 rings (SSSR count). The third kappa shape index (κ3) is 3.95. The van der Waals surface area contributed by atoms with Crippen molar-refractivity contribution in [2.45, 2.75) is 19.8 Å². The highest BCUT2D eigenvalue weighted by Gasteiger charge is 2.30. The monoisotopic (exact) mass is 384 g/mol. The average molecular weight is 384 g/mol. The smallest absolute Gasteiger partial charge is 0.289 e. The van der Waals surface area contributed by atoms with Gasteiger partial charge in [-0.1, -0.05) is 6.07 Å². The lowest BCUT2D eigenvalue weighted by atomic mass is 10.1. The van der Waals surface area contributed by atoms with Crippen LogP contribution >= 0.6 is 0 Å². The number of nitrogens with zero attached hydrogens (tertiary/aromatic N) is 2. The van der Waals surface area contributed by atoms with Gasteiger partial charge in [-0.3, -0.25) is 29.8 Å². The van der Waals surface area contributed by atoms with Gasteiger partial charge in [0.05, 0.1) is 15.9 Å². The van der Waals surface area contributed by atoms with Crippen molar-refractivity contribution in [1.82, 2.24) is 0 Å². The predicted molar refractivity (Wildman–Crippen MR) is 100 cm³/mol. The van der Waals surface area contributed by atoms with E-state index in [4.69, 9.17) is 0 Å². The molecule has 0 bridgehead atoms. The molecule has 10 heteroatoms. The molecule has 0 radical (unpaired) electrons. The number of nitro groups is 2. The van der Waals surface area contributed by atoms with E-state index in [0.29, 0.717) is 16.9 Å². The van der Waals surface area contributed by atoms with Gasteiger partial charge in [-0.2, -0.15) is 0 Å². The van der Waals surface area contributed by atoms with E-state index < -0.39 is 27.1 Å². The second-order valence-electron chi connectivity index (χ2n) is 6.41. The molecule has 2 N–H and O–H groups in total. The Bertz CT molecular complexity index is 1000. The minimum Gasteiger partial charge on any atom is -0.326 e. The first kappa shape index (κ1) is 19.0. The molecule has 0 heterocycles. The SMILES string of the molecule is Cc1c(NC(=O)c2ccc([N+](=O)[O-])cc2[N+](=O)[O-])cccc1NC(=O)C1CC1. The van der Waals surface area contributed by atoms with Crippen molar-refractivity contribution in [1.29, 1.82) is 0 Å². The first-order valence-electron chi connectivity index (χ1n) is 8.42. The van der Waals surface area contributed by atoms with Gasteiger partial charge in [-0.15, -0.1) is 0 Å². The van der Waals surface area contributed by atoms with Crippen LogP contribution in [-0.2, 0) is 4.79 Å². The van der Waals surface area contributed by atoms with Crippen molar-refractivity contribution in [3.05, 3.63) is 67.8 Å². The normalized spacial score (nSPS) is 12.9. The van der Waals surface area contributed by atoms with Crippen LogP contribution in [0.5, 0.6) is 0 Å². The average Bonchev–Trinajstić information content (AvgIpc) is 3.49. The maximum atomic E-state index is 12.6. The third-order valence-electron chi connectivity index (χ3n) is 4.42. The van der Waals surface area contributed by atoms with Gasteiger partial charge in [0.1, 0.15) is 5.56 Å². The molecule has 2 aromatic carbocycles. The molecule has 1 saturated carbocycles. The summed E-state index contributed by atoms with van der Waals surface area (Å²) in [4.78, 5) is 44.9. The number of nitro benzene ring substituents is 2. The predicted octanol–water partition coefficient (Wildman–Crippen LogP) is 3.41. The molecule has 1 aliphatic rings. The zero-order valence-electron chi connectivity index (χ0n) is 14.8. The van der Waals surface area contributed by atoms with E-state index in [-0.39, 0.29) is 17.4 Å². The van der Waals surface area contributed by atoms with Gasteiger partial charge < -0.3 is 10.6 Å². The summed E-state index contributed by atoms with van der Waals surface area (Å²) in [5.41, 5.74) is 0.0442. The lowest BCUT2D eigenvalue weighted by molar-refractivity contribution is -0.394. The van der Waals surface area contributed by atoms with Crippen molar-refractivity contribution in [3.63, 3.8) is 0 Å². The zero-order chi connectivity index (χ0) is 20.4. The van der Waals surface area contributed by atoms with Crippen LogP contribution in [-0.4, -0.2) is 21.7 Å². The summed E-state index contributed by atoms with van der Waals surface area (Å²) < 4.78 is 0. The molecule has 2 aromatic rings. The van der Waals surface area contributed by atoms with Crippen LogP contribution in [0.4, 0.5) is 22.7 Å². The Hall–Kier alpha value is -3.82. The number of amides is 2. The van der Waals surface area contributed by atoms with E-state index in [1.54, 1.807) is 25.1 Å². The number of nitrogens with one attached hydrogen (secondary N) is 2. The fraction of sp³-hybridized carbons (Fsp3) is 0.222. The molecule has 10 nitrogen and oxygen atoms in total. The summed E-state index contributed by atoms with van der Waals surface area (Å²) in [6.07, 6.45) is 1.70. The Balaban J connectivity index is 1.86. The zero-order valence-corrected chi connectivity index (χ0v) is 14.8. The van der Waals surface area contributed by atoms with Gasteiger partial charge in [0.2, 0.25) is 5.91 Å². The minimum atomic E-state index is -0.846. The Morgan fingerprint density at radius 2 is 1.64 bits per heavy atom. The van der Waals surface area contributed by atoms with Crippen molar-refractivity contribution in [3.8, 4) is 0 Å². The molecule has 0 spiro atoms. The molecule has 0 aliphatic heterocycles. The van der Waals surface area contributed by atoms with Gasteiger partial charge in [0.15, 0.2) is 0 Å². The standard InChI is InChI=1S/C18H16N4O6/c1-10-14(19-17(23)11-5-6-11)3-2-4-15(10)20-18(24)13-8-7-12(21(25)26)9-16(13)22(27)28/h2-4,7-9,11H,5-6H2,1H3,(H,19,23)(H,20,24). The topological polar surface area (TPSA) is 144 Å². The maximum absolute atomic E-state index is 12.6. The molecule has 0 aromatic heterocycles. The van der Waals surface area contributed by atoms with Crippen molar-refractivity contribution in [2.24, 2.45) is 5.92 Å². The van der Waals surface area contributed by atoms with Crippen molar-refractivity contribution >= 4 is 34.6 Å². The highest BCUT2D eigenvalue weighted by molar-refractivity contribution is 6.08. The molecule has 1 fully saturated rings. The first-order chi connectivity index (χ1) is 13.3. The Labute approximate surface area is 158 Å². The summed E-state index contributed by atoms with van der Waals surface area (Å²) in [7, 11) is 0. The summed E-state index contributed by atoms with van der Waals surface area (Å²) in [5.74, 6) is -0.853. The molecule has 2 amide bonds. The van der Waals surface area contributed by atoms with E-state index in [1.165, 1.54) is 0 Å². The second-order valence-corrected chi connectivity index (χ2v) is 6.41. The molecule has 0 saturated heterocycles. The summed E-state index contributed by atoms with van der Waals surface area (Å²) in [5, 5.41) is 27.4. The van der Waals surface area contributed by atoms with Crippen LogP contribution in [0.1, 0.15) is 28.8 Å². The first-order valence-corrected chi connectivity index (χ1v) is 8.42. The van der Waals surface area contributed by atoms with E-state index >= 15 is 0 Å². The summed E-state index contributed by atoms with van der Waals surface area (Å²) in [6.45, 7) is 1.70. The van der Waals surface area contributed by atoms with E-state index in [2.05, 4.69) is 10.6 Å². The number of carbonyl (C=O) groups excluding carboxylic acids is 2. The van der Waals surface area contributed by atoms with Crippen LogP contribution in [0.3, 0.4) is 0 Å². The van der Waals surface area contributed by atoms with Crippen LogP contribution in [0.25, 0.3) is 0 Å². The van der Waals surface area contributed by atoms with Gasteiger partial charge in [-0.25, -0.2) is 0 Å². The number of anilines is 2. The van der Waals surface area contributed by atoms with Crippen LogP contribution < -0.4 is 10.6 Å². The lowest BCUT2D eigenvalue weighted by Crippen LogP contribution is -2.17. The molecule has 0 atom stereocenters. The Morgan fingerprint density at radius 3 is 2.21 bits per heavy atom. The van der Waals surface area contributed by atoms with Gasteiger partial charge in [0, 0.05) is 23.4 Å². The summed E-state index contributed by atoms with van der Waals surface area (Å²) in [6, 6.07) is 7.74. The number of hydrogen-bond donors (Lipinski definition) is 2. The van der Waals surface area contributed by atoms with Crippen LogP contribution in [0.2, 0.25) is 0 Å². The molecular formula is C18H16N4O6. The van der Waals surface area contributed by atoms with E-state index in [0.717, 1.165) is 31.0 Å². The van der Waals surface area contributed by atoms with Gasteiger partial charge >= 0.3 is 0 Å². The van der Waals surface area contributed by atoms with Gasteiger partial charge in [0.25, 0.3) is 17.3 Å². The quantitative estimate of drug-likeness (QED) is 0.577. The Morgan fingerprint density at radius 1 is 1.00 bits per heavy atom. The molecule has 0 unspecified atom stereocenters. The fourth-order valence-electron chi connectivity index (χ4n) is 2.65. The Kier molecular flexibility index (Phi) is 5.03. The number of rotatable bonds is 6. The number of carbonyl (C=O) groups is 2. The highest BCUT2D eigenvalue weighted by Crippen LogP contribution is 2.32. The number of non-ortho nitro benzene ring substituents is 1. The largest absolute Gasteiger partial charge is 0.326 e. The number of benzene rings is 2. The highest BCUT2D eigenvalue weighted by atomic mass is 16.6. The van der Waals surface area contributed by atoms with E-state index in [1.807, 2.05) is 0 Å². The molecule has 144 valence electrons. The fourth-order valence-corrected chi connectivity index (χ4v) is 2.65. The number of hydrogen-bond acceptors (Lipinski definition) is 6.